The van der Waals surface area contributed by atoms with E-state index in [1.165, 1.54) is 0 Å². The molecule has 0 bridgehead atoms. The van der Waals surface area contributed by atoms with Crippen LogP contribution in [0.25, 0.3) is 11.1 Å². The van der Waals surface area contributed by atoms with Gasteiger partial charge in [-0.05, 0) is 52.8 Å². The number of hydrogen-bond acceptors (Lipinski definition) is 4. The number of aromatic carboxylic acids is 1. The summed E-state index contributed by atoms with van der Waals surface area (Å²) in [6.07, 6.45) is -0.181. The number of fused-ring (bicyclic) bond motifs is 4. The van der Waals surface area contributed by atoms with E-state index in [2.05, 4.69) is 29.6 Å². The molecule has 1 heterocycles. The van der Waals surface area contributed by atoms with E-state index < -0.39 is 18.1 Å². The first kappa shape index (κ1) is 22.7. The molecule has 0 aromatic heterocycles. The van der Waals surface area contributed by atoms with Gasteiger partial charge >= 0.3 is 12.1 Å². The molecule has 0 saturated carbocycles. The van der Waals surface area contributed by atoms with Crippen molar-refractivity contribution in [2.75, 3.05) is 13.2 Å². The monoisotopic (exact) mass is 470 g/mol. The second kappa shape index (κ2) is 9.25. The van der Waals surface area contributed by atoms with Gasteiger partial charge in [-0.2, -0.15) is 0 Å². The van der Waals surface area contributed by atoms with Gasteiger partial charge in [0.15, 0.2) is 0 Å². The third-order valence-electron chi connectivity index (χ3n) is 6.86. The number of carboxylic acids is 1. The van der Waals surface area contributed by atoms with Gasteiger partial charge in [0.1, 0.15) is 12.6 Å². The third kappa shape index (κ3) is 4.25. The number of nitrogens with zero attached hydrogens (tertiary/aromatic N) is 1. The number of hydrogen-bond donors (Lipinski definition) is 2. The van der Waals surface area contributed by atoms with Crippen LogP contribution >= 0.6 is 0 Å². The molecule has 7 nitrogen and oxygen atoms in total. The lowest BCUT2D eigenvalue weighted by Crippen LogP contribution is -2.48. The maximum absolute atomic E-state index is 13.0. The molecular formula is C28H26N2O5. The molecule has 2 aliphatic rings. The molecule has 1 aliphatic carbocycles. The SMILES string of the molecule is CC(NC(=O)OCC1c2ccccc2-c2ccccc21)C(=O)N1CCc2c(cccc2C(=O)O)C1. The van der Waals surface area contributed by atoms with Gasteiger partial charge in [-0.15, -0.1) is 0 Å². The van der Waals surface area contributed by atoms with Gasteiger partial charge in [-0.1, -0.05) is 60.7 Å². The van der Waals surface area contributed by atoms with Crippen LogP contribution in [-0.4, -0.2) is 47.2 Å². The number of ether oxygens (including phenoxy) is 1. The Hall–Kier alpha value is -4.13. The van der Waals surface area contributed by atoms with Crippen molar-refractivity contribution in [1.29, 1.82) is 0 Å². The summed E-state index contributed by atoms with van der Waals surface area (Å²) in [5.74, 6) is -1.25. The quantitative estimate of drug-likeness (QED) is 0.583. The Balaban J connectivity index is 1.20. The van der Waals surface area contributed by atoms with E-state index in [0.717, 1.165) is 33.4 Å². The molecule has 2 N–H and O–H groups in total. The van der Waals surface area contributed by atoms with E-state index in [4.69, 9.17) is 4.74 Å². The molecule has 35 heavy (non-hydrogen) atoms. The van der Waals surface area contributed by atoms with Crippen LogP contribution in [0.5, 0.6) is 0 Å². The smallest absolute Gasteiger partial charge is 0.407 e. The number of benzene rings is 3. The van der Waals surface area contributed by atoms with E-state index in [0.29, 0.717) is 19.5 Å². The normalized spacial score (nSPS) is 14.9. The second-order valence-electron chi connectivity index (χ2n) is 8.95. The summed E-state index contributed by atoms with van der Waals surface area (Å²) in [5, 5.41) is 12.1. The first-order valence-electron chi connectivity index (χ1n) is 11.7. The van der Waals surface area contributed by atoms with E-state index >= 15 is 0 Å². The summed E-state index contributed by atoms with van der Waals surface area (Å²) in [7, 11) is 0. The average molecular weight is 471 g/mol. The summed E-state index contributed by atoms with van der Waals surface area (Å²) in [6, 6.07) is 20.6. The van der Waals surface area contributed by atoms with Crippen molar-refractivity contribution in [1.82, 2.24) is 10.2 Å². The zero-order valence-electron chi connectivity index (χ0n) is 19.4. The maximum Gasteiger partial charge on any atom is 0.407 e. The summed E-state index contributed by atoms with van der Waals surface area (Å²) in [5.41, 5.74) is 6.41. The summed E-state index contributed by atoms with van der Waals surface area (Å²) in [4.78, 5) is 38.7. The molecule has 7 heteroatoms. The topological polar surface area (TPSA) is 95.9 Å². The standard InChI is InChI=1S/C28H26N2O5/c1-17(26(31)30-14-13-19-18(15-30)7-6-12-24(19)27(32)33)29-28(34)35-16-25-22-10-4-2-8-20(22)21-9-3-5-11-23(21)25/h2-12,17,25H,13-16H2,1H3,(H,29,34)(H,32,33). The number of amides is 2. The highest BCUT2D eigenvalue weighted by Gasteiger charge is 2.31. The van der Waals surface area contributed by atoms with Crippen molar-refractivity contribution in [2.24, 2.45) is 0 Å². The largest absolute Gasteiger partial charge is 0.478 e. The van der Waals surface area contributed by atoms with Crippen LogP contribution in [0.1, 0.15) is 45.5 Å². The molecular weight excluding hydrogens is 444 g/mol. The van der Waals surface area contributed by atoms with Crippen molar-refractivity contribution in [3.05, 3.63) is 94.5 Å². The summed E-state index contributed by atoms with van der Waals surface area (Å²) in [6.45, 7) is 2.52. The zero-order valence-corrected chi connectivity index (χ0v) is 19.4. The fourth-order valence-electron chi connectivity index (χ4n) is 5.15. The van der Waals surface area contributed by atoms with Crippen LogP contribution in [-0.2, 0) is 22.5 Å². The minimum absolute atomic E-state index is 0.0545. The number of nitrogens with one attached hydrogen (secondary N) is 1. The molecule has 2 amide bonds. The van der Waals surface area contributed by atoms with E-state index in [-0.39, 0.29) is 24.0 Å². The predicted octanol–water partition coefficient (Wildman–Crippen LogP) is 4.20. The van der Waals surface area contributed by atoms with E-state index in [1.54, 1.807) is 24.0 Å². The fourth-order valence-corrected chi connectivity index (χ4v) is 5.15. The highest BCUT2D eigenvalue weighted by molar-refractivity contribution is 5.90. The molecule has 1 aliphatic heterocycles. The van der Waals surface area contributed by atoms with Gasteiger partial charge in [-0.3, -0.25) is 4.79 Å². The number of carbonyl (C=O) groups excluding carboxylic acids is 2. The van der Waals surface area contributed by atoms with Crippen molar-refractivity contribution in [2.45, 2.75) is 31.8 Å². The van der Waals surface area contributed by atoms with Crippen molar-refractivity contribution in [3.63, 3.8) is 0 Å². The molecule has 0 radical (unpaired) electrons. The molecule has 0 saturated heterocycles. The van der Waals surface area contributed by atoms with Crippen LogP contribution in [0.2, 0.25) is 0 Å². The highest BCUT2D eigenvalue weighted by atomic mass is 16.5. The van der Waals surface area contributed by atoms with Crippen LogP contribution in [0.15, 0.2) is 66.7 Å². The molecule has 0 spiro atoms. The van der Waals surface area contributed by atoms with Crippen molar-refractivity contribution < 1.29 is 24.2 Å². The lowest BCUT2D eigenvalue weighted by atomic mass is 9.94. The van der Waals surface area contributed by atoms with Gasteiger partial charge in [0, 0.05) is 19.0 Å². The Kier molecular flexibility index (Phi) is 5.99. The van der Waals surface area contributed by atoms with Crippen LogP contribution in [0.3, 0.4) is 0 Å². The molecule has 5 rings (SSSR count). The molecule has 1 unspecified atom stereocenters. The Morgan fingerprint density at radius 2 is 1.66 bits per heavy atom. The van der Waals surface area contributed by atoms with Crippen LogP contribution in [0.4, 0.5) is 4.79 Å². The van der Waals surface area contributed by atoms with Gasteiger partial charge < -0.3 is 20.1 Å². The van der Waals surface area contributed by atoms with Crippen LogP contribution in [0, 0.1) is 0 Å². The first-order valence-corrected chi connectivity index (χ1v) is 11.7. The summed E-state index contributed by atoms with van der Waals surface area (Å²) < 4.78 is 5.56. The second-order valence-corrected chi connectivity index (χ2v) is 8.95. The number of rotatable bonds is 5. The van der Waals surface area contributed by atoms with Crippen LogP contribution < -0.4 is 5.32 Å². The first-order chi connectivity index (χ1) is 16.9. The fraction of sp³-hybridized carbons (Fsp3) is 0.250. The predicted molar refractivity (Wildman–Crippen MR) is 130 cm³/mol. The number of alkyl carbamates (subject to hydrolysis) is 1. The Morgan fingerprint density at radius 3 is 2.31 bits per heavy atom. The van der Waals surface area contributed by atoms with Gasteiger partial charge in [0.05, 0.1) is 5.56 Å². The third-order valence-corrected chi connectivity index (χ3v) is 6.86. The zero-order chi connectivity index (χ0) is 24.5. The highest BCUT2D eigenvalue weighted by Crippen LogP contribution is 2.44. The molecule has 1 atom stereocenters. The lowest BCUT2D eigenvalue weighted by Gasteiger charge is -2.31. The van der Waals surface area contributed by atoms with Gasteiger partial charge in [0.2, 0.25) is 5.91 Å². The van der Waals surface area contributed by atoms with E-state index in [1.807, 2.05) is 30.3 Å². The van der Waals surface area contributed by atoms with Crippen molar-refractivity contribution in [3.8, 4) is 11.1 Å². The van der Waals surface area contributed by atoms with Gasteiger partial charge in [0.25, 0.3) is 0 Å². The molecule has 3 aromatic carbocycles. The van der Waals surface area contributed by atoms with Crippen molar-refractivity contribution >= 4 is 18.0 Å². The van der Waals surface area contributed by atoms with E-state index in [9.17, 15) is 19.5 Å². The summed E-state index contributed by atoms with van der Waals surface area (Å²) >= 11 is 0. The molecule has 3 aromatic rings. The lowest BCUT2D eigenvalue weighted by molar-refractivity contribution is -0.133. The molecule has 178 valence electrons. The number of carboxylic acid groups (broad SMARTS) is 1. The Bertz CT molecular complexity index is 1270. The minimum Gasteiger partial charge on any atom is -0.478 e. The van der Waals surface area contributed by atoms with Gasteiger partial charge in [-0.25, -0.2) is 9.59 Å². The Labute approximate surface area is 203 Å². The Morgan fingerprint density at radius 1 is 1.00 bits per heavy atom. The minimum atomic E-state index is -0.966. The number of carbonyl (C=O) groups is 3. The molecule has 0 fully saturated rings. The maximum atomic E-state index is 13.0. The average Bonchev–Trinajstić information content (AvgIpc) is 3.19.